The number of benzene rings is 1. The van der Waals surface area contributed by atoms with E-state index < -0.39 is 5.97 Å². The van der Waals surface area contributed by atoms with Crippen molar-refractivity contribution in [3.63, 3.8) is 0 Å². The van der Waals surface area contributed by atoms with Gasteiger partial charge in [-0.3, -0.25) is 4.79 Å². The first-order valence-corrected chi connectivity index (χ1v) is 5.69. The van der Waals surface area contributed by atoms with Crippen LogP contribution in [0, 0.1) is 0 Å². The van der Waals surface area contributed by atoms with E-state index in [0.717, 1.165) is 5.56 Å². The third kappa shape index (κ3) is 4.91. The van der Waals surface area contributed by atoms with Crippen molar-refractivity contribution in [2.75, 3.05) is 6.54 Å². The van der Waals surface area contributed by atoms with E-state index in [9.17, 15) is 4.79 Å². The van der Waals surface area contributed by atoms with Gasteiger partial charge in [0.2, 0.25) is 0 Å². The molecule has 94 valence electrons. The van der Waals surface area contributed by atoms with Crippen molar-refractivity contribution < 1.29 is 9.90 Å². The van der Waals surface area contributed by atoms with Crippen LogP contribution in [0.3, 0.4) is 0 Å². The molecule has 0 saturated heterocycles. The average Bonchev–Trinajstić information content (AvgIpc) is 2.32. The van der Waals surface area contributed by atoms with E-state index in [0.29, 0.717) is 23.6 Å². The molecule has 1 N–H and O–H groups in total. The molecule has 0 radical (unpaired) electrons. The maximum Gasteiger partial charge on any atom is 0.307 e. The van der Waals surface area contributed by atoms with Crippen LogP contribution in [0.4, 0.5) is 0 Å². The van der Waals surface area contributed by atoms with Gasteiger partial charge in [-0.25, -0.2) is 0 Å². The van der Waals surface area contributed by atoms with E-state index in [2.05, 4.69) is 10.0 Å². The molecule has 0 bridgehead atoms. The van der Waals surface area contributed by atoms with Crippen molar-refractivity contribution in [2.24, 2.45) is 5.11 Å². The monoisotopic (exact) mass is 265 g/mol. The summed E-state index contributed by atoms with van der Waals surface area (Å²) >= 11 is 5.90. The number of hydrogen-bond donors (Lipinski definition) is 1. The molecule has 0 aliphatic rings. The Morgan fingerprint density at radius 1 is 1.56 bits per heavy atom. The van der Waals surface area contributed by atoms with Gasteiger partial charge in [0.25, 0.3) is 0 Å². The van der Waals surface area contributed by atoms with E-state index in [-0.39, 0.29) is 6.42 Å². The Morgan fingerprint density at radius 2 is 2.33 bits per heavy atom. The Labute approximate surface area is 109 Å². The normalized spacial score (nSPS) is 10.3. The molecule has 0 heterocycles. The van der Waals surface area contributed by atoms with Gasteiger partial charge >= 0.3 is 5.97 Å². The molecule has 5 nitrogen and oxygen atoms in total. The molecule has 0 amide bonds. The summed E-state index contributed by atoms with van der Waals surface area (Å²) in [5.74, 6) is -0.915. The summed E-state index contributed by atoms with van der Waals surface area (Å²) in [7, 11) is 0. The van der Waals surface area contributed by atoms with Crippen LogP contribution in [-0.2, 0) is 11.2 Å². The Morgan fingerprint density at radius 3 is 3.00 bits per heavy atom. The van der Waals surface area contributed by atoms with Crippen molar-refractivity contribution in [3.05, 3.63) is 50.9 Å². The lowest BCUT2D eigenvalue weighted by molar-refractivity contribution is -0.136. The predicted octanol–water partition coefficient (Wildman–Crippen LogP) is 3.68. The molecule has 0 aliphatic carbocycles. The maximum atomic E-state index is 10.6. The van der Waals surface area contributed by atoms with Crippen LogP contribution in [0.15, 0.2) is 29.4 Å². The van der Waals surface area contributed by atoms with Gasteiger partial charge in [0.1, 0.15) is 0 Å². The Kier molecular flexibility index (Phi) is 5.77. The van der Waals surface area contributed by atoms with Crippen LogP contribution in [0.25, 0.3) is 16.5 Å². The highest BCUT2D eigenvalue weighted by molar-refractivity contribution is 6.31. The smallest absolute Gasteiger partial charge is 0.307 e. The highest BCUT2D eigenvalue weighted by Crippen LogP contribution is 2.19. The Balaban J connectivity index is 2.72. The second-order valence-corrected chi connectivity index (χ2v) is 3.97. The molecule has 1 aromatic rings. The number of aliphatic carboxylic acids is 1. The van der Waals surface area contributed by atoms with E-state index in [1.54, 1.807) is 18.2 Å². The van der Waals surface area contributed by atoms with E-state index in [1.807, 2.05) is 12.2 Å². The number of carboxylic acid groups (broad SMARTS) is 1. The SMILES string of the molecule is [N-]=[N+]=NCCC=Cc1ccc(Cl)c(CC(=O)O)c1. The fourth-order valence-electron chi connectivity index (χ4n) is 1.39. The van der Waals surface area contributed by atoms with Crippen LogP contribution in [0.5, 0.6) is 0 Å². The van der Waals surface area contributed by atoms with Crippen molar-refractivity contribution in [3.8, 4) is 0 Å². The molecule has 0 fully saturated rings. The van der Waals surface area contributed by atoms with Crippen LogP contribution in [0.2, 0.25) is 5.02 Å². The zero-order chi connectivity index (χ0) is 13.4. The van der Waals surface area contributed by atoms with Crippen LogP contribution in [-0.4, -0.2) is 17.6 Å². The van der Waals surface area contributed by atoms with Gasteiger partial charge in [-0.05, 0) is 35.2 Å². The topological polar surface area (TPSA) is 86.1 Å². The molecule has 0 aromatic heterocycles. The summed E-state index contributed by atoms with van der Waals surface area (Å²) in [6.07, 6.45) is 4.25. The Hall–Kier alpha value is -1.97. The van der Waals surface area contributed by atoms with Crippen molar-refractivity contribution in [2.45, 2.75) is 12.8 Å². The Bertz CT molecular complexity index is 508. The molecular weight excluding hydrogens is 254 g/mol. The molecule has 0 spiro atoms. The molecular formula is C12H12ClN3O2. The van der Waals surface area contributed by atoms with Crippen molar-refractivity contribution in [1.82, 2.24) is 0 Å². The van der Waals surface area contributed by atoms with E-state index >= 15 is 0 Å². The van der Waals surface area contributed by atoms with Gasteiger partial charge in [0, 0.05) is 16.5 Å². The maximum absolute atomic E-state index is 10.6. The number of hydrogen-bond acceptors (Lipinski definition) is 2. The lowest BCUT2D eigenvalue weighted by atomic mass is 10.1. The molecule has 0 atom stereocenters. The first kappa shape index (κ1) is 14.1. The summed E-state index contributed by atoms with van der Waals surface area (Å²) in [4.78, 5) is 13.3. The quantitative estimate of drug-likeness (QED) is 0.368. The van der Waals surface area contributed by atoms with Crippen LogP contribution < -0.4 is 0 Å². The van der Waals surface area contributed by atoms with Gasteiger partial charge in [-0.15, -0.1) is 0 Å². The number of carboxylic acids is 1. The third-order valence-electron chi connectivity index (χ3n) is 2.18. The largest absolute Gasteiger partial charge is 0.481 e. The van der Waals surface area contributed by atoms with E-state index in [4.69, 9.17) is 22.2 Å². The summed E-state index contributed by atoms with van der Waals surface area (Å²) < 4.78 is 0. The summed E-state index contributed by atoms with van der Waals surface area (Å²) in [5.41, 5.74) is 9.55. The zero-order valence-corrected chi connectivity index (χ0v) is 10.3. The molecule has 0 saturated carbocycles. The molecule has 1 rings (SSSR count). The fraction of sp³-hybridized carbons (Fsp3) is 0.250. The fourth-order valence-corrected chi connectivity index (χ4v) is 1.58. The minimum Gasteiger partial charge on any atom is -0.481 e. The number of nitrogens with zero attached hydrogens (tertiary/aromatic N) is 3. The minimum absolute atomic E-state index is 0.0980. The van der Waals surface area contributed by atoms with Crippen LogP contribution >= 0.6 is 11.6 Å². The molecule has 0 aliphatic heterocycles. The van der Waals surface area contributed by atoms with Gasteiger partial charge in [-0.2, -0.15) is 0 Å². The first-order chi connectivity index (χ1) is 8.63. The standard InChI is InChI=1S/C12H12ClN3O2/c13-11-5-4-9(3-1-2-6-15-16-14)7-10(11)8-12(17)18/h1,3-5,7H,2,6,8H2,(H,17,18). The third-order valence-corrected chi connectivity index (χ3v) is 2.55. The number of rotatable bonds is 6. The van der Waals surface area contributed by atoms with Gasteiger partial charge in [0.15, 0.2) is 0 Å². The molecule has 1 aromatic carbocycles. The van der Waals surface area contributed by atoms with Gasteiger partial charge < -0.3 is 5.11 Å². The first-order valence-electron chi connectivity index (χ1n) is 5.31. The molecule has 18 heavy (non-hydrogen) atoms. The van der Waals surface area contributed by atoms with Crippen molar-refractivity contribution >= 4 is 23.6 Å². The van der Waals surface area contributed by atoms with Gasteiger partial charge in [-0.1, -0.05) is 34.9 Å². The second-order valence-electron chi connectivity index (χ2n) is 3.57. The lowest BCUT2D eigenvalue weighted by Gasteiger charge is -2.02. The van der Waals surface area contributed by atoms with E-state index in [1.165, 1.54) is 0 Å². The van der Waals surface area contributed by atoms with Gasteiger partial charge in [0.05, 0.1) is 6.42 Å². The van der Waals surface area contributed by atoms with Crippen molar-refractivity contribution in [1.29, 1.82) is 0 Å². The molecule has 6 heteroatoms. The van der Waals surface area contributed by atoms with Crippen LogP contribution in [0.1, 0.15) is 17.5 Å². The number of halogens is 1. The highest BCUT2D eigenvalue weighted by Gasteiger charge is 2.05. The summed E-state index contributed by atoms with van der Waals surface area (Å²) in [6, 6.07) is 5.21. The molecule has 0 unspecified atom stereocenters. The second kappa shape index (κ2) is 7.37. The summed E-state index contributed by atoms with van der Waals surface area (Å²) in [6.45, 7) is 0.405. The lowest BCUT2D eigenvalue weighted by Crippen LogP contribution is -2.00. The average molecular weight is 266 g/mol. The summed E-state index contributed by atoms with van der Waals surface area (Å²) in [5, 5.41) is 12.6. The predicted molar refractivity (Wildman–Crippen MR) is 70.5 cm³/mol. The number of azide groups is 1. The minimum atomic E-state index is -0.915. The highest BCUT2D eigenvalue weighted by atomic mass is 35.5. The zero-order valence-electron chi connectivity index (χ0n) is 9.58. The number of carbonyl (C=O) groups is 1.